The Kier molecular flexibility index (Phi) is 4.05. The van der Waals surface area contributed by atoms with Crippen LogP contribution in [0.1, 0.15) is 25.7 Å². The predicted octanol–water partition coefficient (Wildman–Crippen LogP) is -0.380. The third-order valence-corrected chi connectivity index (χ3v) is 5.07. The molecule has 4 saturated heterocycles. The van der Waals surface area contributed by atoms with Gasteiger partial charge in [-0.25, -0.2) is 0 Å². The molecule has 0 aromatic carbocycles. The topological polar surface area (TPSA) is 61.6 Å². The van der Waals surface area contributed by atoms with Gasteiger partial charge in [0.25, 0.3) is 0 Å². The van der Waals surface area contributed by atoms with Crippen molar-refractivity contribution in [3.63, 3.8) is 0 Å². The minimum absolute atomic E-state index is 0.205. The lowest BCUT2D eigenvalue weighted by Crippen LogP contribution is -2.59. The first-order valence-electron chi connectivity index (χ1n) is 7.70. The van der Waals surface area contributed by atoms with Crippen molar-refractivity contribution in [1.82, 2.24) is 15.1 Å². The molecule has 4 fully saturated rings. The maximum absolute atomic E-state index is 10.9. The minimum Gasteiger partial charge on any atom is -0.369 e. The second kappa shape index (κ2) is 5.77. The number of piperidine rings is 4. The highest BCUT2D eigenvalue weighted by Crippen LogP contribution is 2.28. The number of nitrogens with two attached hydrogens (primary N) is 1. The number of fused-ring (bicyclic) bond motifs is 3. The van der Waals surface area contributed by atoms with Gasteiger partial charge in [0.05, 0.1) is 6.54 Å². The van der Waals surface area contributed by atoms with Gasteiger partial charge in [-0.3, -0.25) is 9.69 Å². The van der Waals surface area contributed by atoms with Crippen LogP contribution in [0.3, 0.4) is 0 Å². The maximum atomic E-state index is 10.9. The summed E-state index contributed by atoms with van der Waals surface area (Å²) < 4.78 is 0. The van der Waals surface area contributed by atoms with E-state index in [0.717, 1.165) is 31.8 Å². The molecule has 3 N–H and O–H groups in total. The van der Waals surface area contributed by atoms with Crippen LogP contribution in [-0.4, -0.2) is 67.1 Å². The SMILES string of the molecule is NC(=O)CN1CCC(NC2CN3CCC2CC3)CC1. The Morgan fingerprint density at radius 1 is 1.11 bits per heavy atom. The van der Waals surface area contributed by atoms with E-state index in [1.54, 1.807) is 0 Å². The second-order valence-electron chi connectivity index (χ2n) is 6.43. The molecule has 5 nitrogen and oxygen atoms in total. The lowest BCUT2D eigenvalue weighted by atomic mass is 9.83. The molecular formula is C14H26N4O. The third kappa shape index (κ3) is 3.27. The highest BCUT2D eigenvalue weighted by atomic mass is 16.1. The van der Waals surface area contributed by atoms with Crippen LogP contribution in [0, 0.1) is 5.92 Å². The molecule has 0 aromatic heterocycles. The average molecular weight is 266 g/mol. The fourth-order valence-corrected chi connectivity index (χ4v) is 3.93. The molecule has 4 heterocycles. The first-order valence-corrected chi connectivity index (χ1v) is 7.70. The summed E-state index contributed by atoms with van der Waals surface area (Å²) in [5, 5.41) is 3.88. The van der Waals surface area contributed by atoms with E-state index in [1.165, 1.54) is 32.5 Å². The number of rotatable bonds is 4. The first-order chi connectivity index (χ1) is 9.20. The van der Waals surface area contributed by atoms with Crippen molar-refractivity contribution in [3.8, 4) is 0 Å². The number of hydrogen-bond acceptors (Lipinski definition) is 4. The number of nitrogens with zero attached hydrogens (tertiary/aromatic N) is 2. The molecule has 19 heavy (non-hydrogen) atoms. The monoisotopic (exact) mass is 266 g/mol. The van der Waals surface area contributed by atoms with Gasteiger partial charge in [-0.15, -0.1) is 0 Å². The standard InChI is InChI=1S/C14H26N4O/c15-14(19)10-18-7-3-12(4-8-18)16-13-9-17-5-1-11(13)2-6-17/h11-13,16H,1-10H2,(H2,15,19). The smallest absolute Gasteiger partial charge is 0.231 e. The van der Waals surface area contributed by atoms with Gasteiger partial charge in [0.1, 0.15) is 0 Å². The van der Waals surface area contributed by atoms with Crippen LogP contribution in [0.15, 0.2) is 0 Å². The Balaban J connectivity index is 1.43. The summed E-state index contributed by atoms with van der Waals surface area (Å²) >= 11 is 0. The zero-order chi connectivity index (χ0) is 13.2. The molecule has 1 unspecified atom stereocenters. The molecule has 0 aromatic rings. The Morgan fingerprint density at radius 3 is 2.32 bits per heavy atom. The zero-order valence-electron chi connectivity index (χ0n) is 11.7. The van der Waals surface area contributed by atoms with Crippen molar-refractivity contribution in [2.75, 3.05) is 39.3 Å². The molecule has 0 spiro atoms. The molecule has 5 heteroatoms. The highest BCUT2D eigenvalue weighted by molar-refractivity contribution is 5.75. The molecule has 0 aliphatic carbocycles. The molecular weight excluding hydrogens is 240 g/mol. The van der Waals surface area contributed by atoms with Crippen molar-refractivity contribution in [3.05, 3.63) is 0 Å². The van der Waals surface area contributed by atoms with E-state index < -0.39 is 0 Å². The number of primary amides is 1. The van der Waals surface area contributed by atoms with Crippen LogP contribution in [0.4, 0.5) is 0 Å². The maximum Gasteiger partial charge on any atom is 0.231 e. The van der Waals surface area contributed by atoms with Crippen molar-refractivity contribution in [2.24, 2.45) is 11.7 Å². The van der Waals surface area contributed by atoms with Gasteiger partial charge in [-0.05, 0) is 44.7 Å². The van der Waals surface area contributed by atoms with Gasteiger partial charge < -0.3 is 16.0 Å². The van der Waals surface area contributed by atoms with E-state index in [-0.39, 0.29) is 5.91 Å². The lowest BCUT2D eigenvalue weighted by molar-refractivity contribution is -0.119. The number of nitrogens with one attached hydrogen (secondary N) is 1. The molecule has 4 rings (SSSR count). The van der Waals surface area contributed by atoms with E-state index in [2.05, 4.69) is 15.1 Å². The molecule has 1 amide bonds. The van der Waals surface area contributed by atoms with E-state index >= 15 is 0 Å². The van der Waals surface area contributed by atoms with Gasteiger partial charge in [0.2, 0.25) is 5.91 Å². The molecule has 4 aliphatic heterocycles. The minimum atomic E-state index is -0.205. The fraction of sp³-hybridized carbons (Fsp3) is 0.929. The molecule has 0 saturated carbocycles. The summed E-state index contributed by atoms with van der Waals surface area (Å²) in [6.07, 6.45) is 5.05. The first kappa shape index (κ1) is 13.3. The predicted molar refractivity (Wildman–Crippen MR) is 74.7 cm³/mol. The van der Waals surface area contributed by atoms with E-state index in [0.29, 0.717) is 18.6 Å². The Labute approximate surface area is 115 Å². The van der Waals surface area contributed by atoms with Crippen LogP contribution in [0.5, 0.6) is 0 Å². The third-order valence-electron chi connectivity index (χ3n) is 5.07. The van der Waals surface area contributed by atoms with Crippen molar-refractivity contribution >= 4 is 5.91 Å². The van der Waals surface area contributed by atoms with Gasteiger partial charge >= 0.3 is 0 Å². The van der Waals surface area contributed by atoms with Crippen molar-refractivity contribution < 1.29 is 4.79 Å². The van der Waals surface area contributed by atoms with Gasteiger partial charge in [0.15, 0.2) is 0 Å². The number of amides is 1. The number of likely N-dealkylation sites (tertiary alicyclic amines) is 1. The molecule has 4 aliphatic rings. The van der Waals surface area contributed by atoms with Gasteiger partial charge in [-0.2, -0.15) is 0 Å². The van der Waals surface area contributed by atoms with Gasteiger partial charge in [0, 0.05) is 31.7 Å². The molecule has 2 bridgehead atoms. The lowest BCUT2D eigenvalue weighted by Gasteiger charge is -2.47. The molecule has 0 radical (unpaired) electrons. The largest absolute Gasteiger partial charge is 0.369 e. The summed E-state index contributed by atoms with van der Waals surface area (Å²) in [7, 11) is 0. The summed E-state index contributed by atoms with van der Waals surface area (Å²) in [5.41, 5.74) is 5.25. The summed E-state index contributed by atoms with van der Waals surface area (Å²) in [6, 6.07) is 1.34. The van der Waals surface area contributed by atoms with Crippen LogP contribution in [0.25, 0.3) is 0 Å². The molecule has 1 atom stereocenters. The Bertz CT molecular complexity index is 319. The average Bonchev–Trinajstić information content (AvgIpc) is 2.42. The van der Waals surface area contributed by atoms with E-state index in [1.807, 2.05) is 0 Å². The van der Waals surface area contributed by atoms with Crippen LogP contribution in [-0.2, 0) is 4.79 Å². The van der Waals surface area contributed by atoms with Crippen LogP contribution >= 0.6 is 0 Å². The Hall–Kier alpha value is -0.650. The van der Waals surface area contributed by atoms with Crippen molar-refractivity contribution in [1.29, 1.82) is 0 Å². The second-order valence-corrected chi connectivity index (χ2v) is 6.43. The summed E-state index contributed by atoms with van der Waals surface area (Å²) in [5.74, 6) is 0.692. The van der Waals surface area contributed by atoms with Gasteiger partial charge in [-0.1, -0.05) is 0 Å². The number of carbonyl (C=O) groups excluding carboxylic acids is 1. The summed E-state index contributed by atoms with van der Waals surface area (Å²) in [6.45, 7) is 6.28. The number of carbonyl (C=O) groups is 1. The zero-order valence-corrected chi connectivity index (χ0v) is 11.7. The normalized spacial score (nSPS) is 36.5. The molecule has 108 valence electrons. The fourth-order valence-electron chi connectivity index (χ4n) is 3.93. The van der Waals surface area contributed by atoms with Crippen molar-refractivity contribution in [2.45, 2.75) is 37.8 Å². The Morgan fingerprint density at radius 2 is 1.79 bits per heavy atom. The highest BCUT2D eigenvalue weighted by Gasteiger charge is 2.35. The number of hydrogen-bond donors (Lipinski definition) is 2. The quantitative estimate of drug-likeness (QED) is 0.728. The van der Waals surface area contributed by atoms with Crippen LogP contribution in [0.2, 0.25) is 0 Å². The van der Waals surface area contributed by atoms with E-state index in [4.69, 9.17) is 5.73 Å². The van der Waals surface area contributed by atoms with Crippen LogP contribution < -0.4 is 11.1 Å². The summed E-state index contributed by atoms with van der Waals surface area (Å²) in [4.78, 5) is 15.7. The van der Waals surface area contributed by atoms with E-state index in [9.17, 15) is 4.79 Å².